The van der Waals surface area contributed by atoms with E-state index in [9.17, 15) is 14.7 Å². The van der Waals surface area contributed by atoms with Crippen LogP contribution in [0.4, 0.5) is 0 Å². The molecule has 3 rings (SSSR count). The number of thiophene rings is 1. The Bertz CT molecular complexity index is 798. The predicted octanol–water partition coefficient (Wildman–Crippen LogP) is 0.559. The average molecular weight is 345 g/mol. The van der Waals surface area contributed by atoms with E-state index in [0.29, 0.717) is 14.8 Å². The van der Waals surface area contributed by atoms with Gasteiger partial charge in [0.25, 0.3) is 5.56 Å². The van der Waals surface area contributed by atoms with Crippen molar-refractivity contribution in [3.63, 3.8) is 0 Å². The predicted molar refractivity (Wildman–Crippen MR) is 81.3 cm³/mol. The Labute approximate surface area is 133 Å². The molecule has 1 fully saturated rings. The van der Waals surface area contributed by atoms with E-state index in [2.05, 4.69) is 4.98 Å². The number of aromatic amines is 1. The minimum Gasteiger partial charge on any atom is -0.394 e. The molecule has 0 spiro atoms. The molecule has 0 aliphatic carbocycles. The van der Waals surface area contributed by atoms with Crippen LogP contribution >= 0.6 is 22.9 Å². The third kappa shape index (κ3) is 2.75. The quantitative estimate of drug-likeness (QED) is 0.754. The summed E-state index contributed by atoms with van der Waals surface area (Å²) in [6.07, 6.45) is -0.815. The minimum atomic E-state index is -0.867. The van der Waals surface area contributed by atoms with Crippen LogP contribution in [0.25, 0.3) is 10.4 Å². The average Bonchev–Trinajstić information content (AvgIpc) is 3.05. The summed E-state index contributed by atoms with van der Waals surface area (Å²) in [4.78, 5) is 26.8. The number of nitrogens with one attached hydrogen (secondary N) is 1. The molecule has 9 heteroatoms. The number of aromatic nitrogens is 2. The van der Waals surface area contributed by atoms with Crippen LogP contribution in [-0.4, -0.2) is 38.6 Å². The van der Waals surface area contributed by atoms with Gasteiger partial charge in [0.05, 0.1) is 22.6 Å². The zero-order valence-corrected chi connectivity index (χ0v) is 12.8. The molecule has 118 valence electrons. The van der Waals surface area contributed by atoms with Crippen molar-refractivity contribution in [2.24, 2.45) is 0 Å². The van der Waals surface area contributed by atoms with E-state index in [-0.39, 0.29) is 13.0 Å². The van der Waals surface area contributed by atoms with Gasteiger partial charge in [0.1, 0.15) is 12.3 Å². The second-order valence-electron chi connectivity index (χ2n) is 4.93. The summed E-state index contributed by atoms with van der Waals surface area (Å²) >= 11 is 7.09. The highest BCUT2D eigenvalue weighted by atomic mass is 35.5. The van der Waals surface area contributed by atoms with Gasteiger partial charge in [-0.2, -0.15) is 0 Å². The Kier molecular flexibility index (Phi) is 4.20. The van der Waals surface area contributed by atoms with Crippen LogP contribution in [0.2, 0.25) is 4.34 Å². The molecule has 0 amide bonds. The highest BCUT2D eigenvalue weighted by molar-refractivity contribution is 7.19. The van der Waals surface area contributed by atoms with Crippen molar-refractivity contribution in [1.29, 1.82) is 0 Å². The lowest BCUT2D eigenvalue weighted by atomic mass is 10.2. The molecule has 22 heavy (non-hydrogen) atoms. The lowest BCUT2D eigenvalue weighted by Gasteiger charge is -2.15. The lowest BCUT2D eigenvalue weighted by Crippen LogP contribution is -2.33. The Hall–Kier alpha value is -1.45. The summed E-state index contributed by atoms with van der Waals surface area (Å²) in [6, 6.07) is 3.35. The summed E-state index contributed by atoms with van der Waals surface area (Å²) in [5, 5.41) is 18.9. The Morgan fingerprint density at radius 3 is 2.82 bits per heavy atom. The van der Waals surface area contributed by atoms with E-state index >= 15 is 0 Å². The summed E-state index contributed by atoms with van der Waals surface area (Å²) in [5.74, 6) is 0. The molecule has 3 atom stereocenters. The Balaban J connectivity index is 2.03. The van der Waals surface area contributed by atoms with E-state index in [1.165, 1.54) is 22.1 Å². The number of rotatable bonds is 3. The summed E-state index contributed by atoms with van der Waals surface area (Å²) in [7, 11) is 0. The van der Waals surface area contributed by atoms with E-state index in [1.807, 2.05) is 0 Å². The molecule has 1 saturated heterocycles. The van der Waals surface area contributed by atoms with Crippen LogP contribution in [0.1, 0.15) is 12.6 Å². The first-order chi connectivity index (χ1) is 10.5. The van der Waals surface area contributed by atoms with Gasteiger partial charge in [-0.15, -0.1) is 11.3 Å². The van der Waals surface area contributed by atoms with Gasteiger partial charge >= 0.3 is 5.69 Å². The number of ether oxygens (including phenoxy) is 1. The smallest absolute Gasteiger partial charge is 0.330 e. The van der Waals surface area contributed by atoms with Crippen molar-refractivity contribution in [1.82, 2.24) is 9.55 Å². The van der Waals surface area contributed by atoms with Gasteiger partial charge in [-0.3, -0.25) is 14.3 Å². The van der Waals surface area contributed by atoms with Gasteiger partial charge in [0.15, 0.2) is 0 Å². The molecular weight excluding hydrogens is 332 g/mol. The highest BCUT2D eigenvalue weighted by Gasteiger charge is 2.35. The maximum atomic E-state index is 12.0. The van der Waals surface area contributed by atoms with Crippen molar-refractivity contribution in [2.45, 2.75) is 24.9 Å². The topological polar surface area (TPSA) is 105 Å². The van der Waals surface area contributed by atoms with Crippen molar-refractivity contribution in [3.05, 3.63) is 43.5 Å². The molecule has 0 bridgehead atoms. The molecule has 2 unspecified atom stereocenters. The second-order valence-corrected chi connectivity index (χ2v) is 6.64. The van der Waals surface area contributed by atoms with Crippen molar-refractivity contribution in [2.75, 3.05) is 6.61 Å². The molecule has 3 heterocycles. The number of aliphatic hydroxyl groups is 2. The number of halogens is 1. The van der Waals surface area contributed by atoms with Crippen molar-refractivity contribution < 1.29 is 14.9 Å². The molecule has 1 aliphatic rings. The number of H-pyrrole nitrogens is 1. The lowest BCUT2D eigenvalue weighted by molar-refractivity contribution is -0.0458. The maximum absolute atomic E-state index is 12.0. The third-order valence-corrected chi connectivity index (χ3v) is 4.77. The molecular formula is C13H13ClN2O5S. The second kappa shape index (κ2) is 5.98. The van der Waals surface area contributed by atoms with E-state index < -0.39 is 29.7 Å². The first kappa shape index (κ1) is 15.4. The molecule has 3 N–H and O–H groups in total. The maximum Gasteiger partial charge on any atom is 0.330 e. The van der Waals surface area contributed by atoms with Crippen molar-refractivity contribution >= 4 is 22.9 Å². The first-order valence-corrected chi connectivity index (χ1v) is 7.74. The third-order valence-electron chi connectivity index (χ3n) is 3.50. The number of hydrogen-bond donors (Lipinski definition) is 3. The fourth-order valence-corrected chi connectivity index (χ4v) is 3.43. The molecule has 1 aliphatic heterocycles. The standard InChI is InChI=1S/C13H13ClN2O5S/c14-10-2-1-9(22-10)6-4-16(13(20)15-12(6)19)11-3-7(18)8(5-17)21-11/h1-2,4,7-8,11,17-18H,3,5H2,(H,15,19,20)/t7-,8?,11?/m0/s1. The summed E-state index contributed by atoms with van der Waals surface area (Å²) in [5.41, 5.74) is -0.855. The molecule has 0 aromatic carbocycles. The Morgan fingerprint density at radius 1 is 1.45 bits per heavy atom. The first-order valence-electron chi connectivity index (χ1n) is 6.55. The summed E-state index contributed by atoms with van der Waals surface area (Å²) in [6.45, 7) is -0.344. The van der Waals surface area contributed by atoms with Crippen LogP contribution in [0, 0.1) is 0 Å². The van der Waals surface area contributed by atoms with E-state index in [1.54, 1.807) is 12.1 Å². The number of hydrogen-bond acceptors (Lipinski definition) is 6. The molecule has 0 saturated carbocycles. The largest absolute Gasteiger partial charge is 0.394 e. The van der Waals surface area contributed by atoms with Crippen LogP contribution in [0.15, 0.2) is 27.9 Å². The highest BCUT2D eigenvalue weighted by Crippen LogP contribution is 2.31. The SMILES string of the molecule is O=c1[nH]c(=O)n(C2C[C@H](O)C(CO)O2)cc1-c1ccc(Cl)s1. The van der Waals surface area contributed by atoms with Gasteiger partial charge in [0, 0.05) is 17.5 Å². The van der Waals surface area contributed by atoms with E-state index in [0.717, 1.165) is 0 Å². The van der Waals surface area contributed by atoms with Gasteiger partial charge in [-0.1, -0.05) is 11.6 Å². The van der Waals surface area contributed by atoms with Crippen LogP contribution in [-0.2, 0) is 4.74 Å². The number of aliphatic hydroxyl groups excluding tert-OH is 2. The molecule has 7 nitrogen and oxygen atoms in total. The zero-order chi connectivity index (χ0) is 15.9. The molecule has 0 radical (unpaired) electrons. The fraction of sp³-hybridized carbons (Fsp3) is 0.385. The fourth-order valence-electron chi connectivity index (χ4n) is 2.38. The normalized spacial score (nSPS) is 24.8. The number of nitrogens with zero attached hydrogens (tertiary/aromatic N) is 1. The Morgan fingerprint density at radius 2 is 2.23 bits per heavy atom. The molecule has 2 aromatic heterocycles. The molecule has 2 aromatic rings. The van der Waals surface area contributed by atoms with E-state index in [4.69, 9.17) is 21.4 Å². The van der Waals surface area contributed by atoms with Crippen LogP contribution in [0.5, 0.6) is 0 Å². The van der Waals surface area contributed by atoms with Gasteiger partial charge in [-0.25, -0.2) is 4.79 Å². The minimum absolute atomic E-state index is 0.155. The monoisotopic (exact) mass is 344 g/mol. The van der Waals surface area contributed by atoms with Gasteiger partial charge in [-0.05, 0) is 12.1 Å². The van der Waals surface area contributed by atoms with Gasteiger partial charge < -0.3 is 14.9 Å². The van der Waals surface area contributed by atoms with Crippen LogP contribution < -0.4 is 11.2 Å². The van der Waals surface area contributed by atoms with Crippen LogP contribution in [0.3, 0.4) is 0 Å². The zero-order valence-electron chi connectivity index (χ0n) is 11.2. The van der Waals surface area contributed by atoms with Gasteiger partial charge in [0.2, 0.25) is 0 Å². The summed E-state index contributed by atoms with van der Waals surface area (Å²) < 4.78 is 7.18. The van der Waals surface area contributed by atoms with Crippen molar-refractivity contribution in [3.8, 4) is 10.4 Å².